The summed E-state index contributed by atoms with van der Waals surface area (Å²) in [5.74, 6) is -0.413. The first-order chi connectivity index (χ1) is 8.15. The highest BCUT2D eigenvalue weighted by Crippen LogP contribution is 2.20. The number of rotatable bonds is 4. The van der Waals surface area contributed by atoms with Gasteiger partial charge in [0.15, 0.2) is 11.0 Å². The quantitative estimate of drug-likeness (QED) is 0.833. The number of carboxylic acid groups (broad SMARTS) is 1. The molecule has 1 aromatic carbocycles. The Morgan fingerprint density at radius 3 is 2.76 bits per heavy atom. The molecule has 0 aliphatic rings. The summed E-state index contributed by atoms with van der Waals surface area (Å²) in [5, 5.41) is 16.3. The predicted octanol–water partition coefficient (Wildman–Crippen LogP) is 2.30. The van der Waals surface area contributed by atoms with Crippen LogP contribution < -0.4 is 0 Å². The number of H-pyrrole nitrogens is 1. The van der Waals surface area contributed by atoms with Gasteiger partial charge in [-0.2, -0.15) is 5.10 Å². The van der Waals surface area contributed by atoms with Crippen LogP contribution in [-0.4, -0.2) is 32.0 Å². The minimum absolute atomic E-state index is 0.0464. The van der Waals surface area contributed by atoms with Crippen molar-refractivity contribution in [3.8, 4) is 11.4 Å². The number of halogens is 1. The standard InChI is InChI=1S/C10H8ClN3O2S/c11-7-3-1-6(2-4-7)9-12-10(14-13-9)17-5-8(15)16/h1-4H,5H2,(H,15,16)(H,12,13,14). The molecule has 2 aromatic rings. The van der Waals surface area contributed by atoms with Crippen molar-refractivity contribution in [3.05, 3.63) is 29.3 Å². The van der Waals surface area contributed by atoms with Gasteiger partial charge >= 0.3 is 5.97 Å². The van der Waals surface area contributed by atoms with Crippen LogP contribution >= 0.6 is 23.4 Å². The predicted molar refractivity (Wildman–Crippen MR) is 65.2 cm³/mol. The summed E-state index contributed by atoms with van der Waals surface area (Å²) in [5.41, 5.74) is 0.827. The molecule has 2 rings (SSSR count). The number of carboxylic acids is 1. The second-order valence-corrected chi connectivity index (χ2v) is 4.55. The van der Waals surface area contributed by atoms with Crippen molar-refractivity contribution in [1.82, 2.24) is 15.2 Å². The van der Waals surface area contributed by atoms with Gasteiger partial charge in [-0.3, -0.25) is 9.89 Å². The summed E-state index contributed by atoms with van der Waals surface area (Å²) in [4.78, 5) is 14.6. The maximum absolute atomic E-state index is 10.4. The molecule has 1 heterocycles. The van der Waals surface area contributed by atoms with Crippen LogP contribution in [0.4, 0.5) is 0 Å². The molecule has 0 saturated carbocycles. The second-order valence-electron chi connectivity index (χ2n) is 3.15. The van der Waals surface area contributed by atoms with Crippen LogP contribution in [0, 0.1) is 0 Å². The molecule has 7 heteroatoms. The number of hydrogen-bond donors (Lipinski definition) is 2. The number of hydrogen-bond acceptors (Lipinski definition) is 4. The molecule has 0 aliphatic heterocycles. The Morgan fingerprint density at radius 1 is 1.41 bits per heavy atom. The van der Waals surface area contributed by atoms with Crippen molar-refractivity contribution in [1.29, 1.82) is 0 Å². The number of nitrogens with zero attached hydrogens (tertiary/aromatic N) is 2. The van der Waals surface area contributed by atoms with Crippen molar-refractivity contribution in [2.75, 3.05) is 5.75 Å². The molecule has 0 radical (unpaired) electrons. The lowest BCUT2D eigenvalue weighted by Crippen LogP contribution is -1.97. The Bertz CT molecular complexity index is 527. The van der Waals surface area contributed by atoms with Crippen LogP contribution in [-0.2, 0) is 4.79 Å². The summed E-state index contributed by atoms with van der Waals surface area (Å²) >= 11 is 6.86. The Hall–Kier alpha value is -1.53. The number of carbonyl (C=O) groups is 1. The normalized spacial score (nSPS) is 10.4. The highest BCUT2D eigenvalue weighted by atomic mass is 35.5. The van der Waals surface area contributed by atoms with E-state index < -0.39 is 5.97 Å². The van der Waals surface area contributed by atoms with Gasteiger partial charge in [0.05, 0.1) is 5.75 Å². The lowest BCUT2D eigenvalue weighted by atomic mass is 10.2. The van der Waals surface area contributed by atoms with Crippen molar-refractivity contribution >= 4 is 29.3 Å². The van der Waals surface area contributed by atoms with Crippen LogP contribution in [0.2, 0.25) is 5.02 Å². The summed E-state index contributed by atoms with van der Waals surface area (Å²) < 4.78 is 0. The van der Waals surface area contributed by atoms with Crippen LogP contribution in [0.5, 0.6) is 0 Å². The van der Waals surface area contributed by atoms with Crippen LogP contribution in [0.1, 0.15) is 0 Å². The summed E-state index contributed by atoms with van der Waals surface area (Å²) in [7, 11) is 0. The number of nitrogens with one attached hydrogen (secondary N) is 1. The van der Waals surface area contributed by atoms with E-state index in [9.17, 15) is 4.79 Å². The molecule has 0 bridgehead atoms. The molecule has 0 fully saturated rings. The fraction of sp³-hybridized carbons (Fsp3) is 0.100. The van der Waals surface area contributed by atoms with E-state index in [1.807, 2.05) is 0 Å². The van der Waals surface area contributed by atoms with Gasteiger partial charge < -0.3 is 5.11 Å². The van der Waals surface area contributed by atoms with Gasteiger partial charge in [0, 0.05) is 10.6 Å². The van der Waals surface area contributed by atoms with Crippen LogP contribution in [0.15, 0.2) is 29.4 Å². The maximum atomic E-state index is 10.4. The van der Waals surface area contributed by atoms with Gasteiger partial charge in [-0.1, -0.05) is 23.4 Å². The van der Waals surface area contributed by atoms with Gasteiger partial charge in [0.2, 0.25) is 0 Å². The minimum Gasteiger partial charge on any atom is -0.481 e. The number of aromatic amines is 1. The third kappa shape index (κ3) is 3.21. The zero-order valence-electron chi connectivity index (χ0n) is 8.55. The monoisotopic (exact) mass is 269 g/mol. The van der Waals surface area contributed by atoms with Gasteiger partial charge in [-0.15, -0.1) is 0 Å². The average Bonchev–Trinajstić information content (AvgIpc) is 2.76. The van der Waals surface area contributed by atoms with Crippen LogP contribution in [0.3, 0.4) is 0 Å². The molecule has 0 saturated heterocycles. The Kier molecular flexibility index (Phi) is 3.65. The highest BCUT2D eigenvalue weighted by Gasteiger charge is 2.07. The lowest BCUT2D eigenvalue weighted by molar-refractivity contribution is -0.133. The first-order valence-electron chi connectivity index (χ1n) is 4.68. The molecule has 1 aromatic heterocycles. The first kappa shape index (κ1) is 11.9. The fourth-order valence-corrected chi connectivity index (χ4v) is 1.82. The minimum atomic E-state index is -0.889. The van der Waals surface area contributed by atoms with E-state index in [1.54, 1.807) is 24.3 Å². The average molecular weight is 270 g/mol. The zero-order chi connectivity index (χ0) is 12.3. The van der Waals surface area contributed by atoms with Crippen molar-refractivity contribution < 1.29 is 9.90 Å². The molecular weight excluding hydrogens is 262 g/mol. The molecular formula is C10H8ClN3O2S. The largest absolute Gasteiger partial charge is 0.481 e. The summed E-state index contributed by atoms with van der Waals surface area (Å²) in [6.45, 7) is 0. The molecule has 88 valence electrons. The van der Waals surface area contributed by atoms with E-state index >= 15 is 0 Å². The number of thioether (sulfide) groups is 1. The molecule has 5 nitrogen and oxygen atoms in total. The SMILES string of the molecule is O=C(O)CSc1nc(-c2ccc(Cl)cc2)n[nH]1. The van der Waals surface area contributed by atoms with Gasteiger partial charge in [0.1, 0.15) is 0 Å². The fourth-order valence-electron chi connectivity index (χ4n) is 1.17. The van der Waals surface area contributed by atoms with E-state index in [0.29, 0.717) is 16.0 Å². The molecule has 0 unspecified atom stereocenters. The number of aliphatic carboxylic acids is 1. The molecule has 2 N–H and O–H groups in total. The van der Waals surface area contributed by atoms with E-state index in [-0.39, 0.29) is 5.75 Å². The third-order valence-electron chi connectivity index (χ3n) is 1.90. The summed E-state index contributed by atoms with van der Waals surface area (Å²) in [6.07, 6.45) is 0. The van der Waals surface area contributed by atoms with Crippen molar-refractivity contribution in [3.63, 3.8) is 0 Å². The van der Waals surface area contributed by atoms with Gasteiger partial charge in [-0.05, 0) is 24.3 Å². The van der Waals surface area contributed by atoms with Crippen molar-refractivity contribution in [2.45, 2.75) is 5.16 Å². The molecule has 0 spiro atoms. The van der Waals surface area contributed by atoms with Crippen LogP contribution in [0.25, 0.3) is 11.4 Å². The van der Waals surface area contributed by atoms with E-state index in [4.69, 9.17) is 16.7 Å². The molecule has 0 amide bonds. The first-order valence-corrected chi connectivity index (χ1v) is 6.04. The maximum Gasteiger partial charge on any atom is 0.313 e. The molecule has 17 heavy (non-hydrogen) atoms. The van der Waals surface area contributed by atoms with Crippen molar-refractivity contribution in [2.24, 2.45) is 0 Å². The second kappa shape index (κ2) is 5.20. The van der Waals surface area contributed by atoms with E-state index in [1.165, 1.54) is 0 Å². The smallest absolute Gasteiger partial charge is 0.313 e. The summed E-state index contributed by atoms with van der Waals surface area (Å²) in [6, 6.07) is 7.10. The van der Waals surface area contributed by atoms with Gasteiger partial charge in [-0.25, -0.2) is 4.98 Å². The molecule has 0 aliphatic carbocycles. The molecule has 0 atom stereocenters. The Morgan fingerprint density at radius 2 is 2.12 bits per heavy atom. The Labute approximate surface area is 106 Å². The highest BCUT2D eigenvalue weighted by molar-refractivity contribution is 7.99. The van der Waals surface area contributed by atoms with Gasteiger partial charge in [0.25, 0.3) is 0 Å². The third-order valence-corrected chi connectivity index (χ3v) is 3.00. The number of benzene rings is 1. The number of aromatic nitrogens is 3. The Balaban J connectivity index is 2.12. The van der Waals surface area contributed by atoms with E-state index in [0.717, 1.165) is 17.3 Å². The lowest BCUT2D eigenvalue weighted by Gasteiger charge is -1.94. The zero-order valence-corrected chi connectivity index (χ0v) is 10.1. The topological polar surface area (TPSA) is 78.9 Å². The van der Waals surface area contributed by atoms with E-state index in [2.05, 4.69) is 15.2 Å².